The van der Waals surface area contributed by atoms with E-state index in [0.717, 1.165) is 13.5 Å². The molecule has 0 radical (unpaired) electrons. The summed E-state index contributed by atoms with van der Waals surface area (Å²) >= 11 is 0. The summed E-state index contributed by atoms with van der Waals surface area (Å²) in [5.74, 6) is 0.207. The normalized spacial score (nSPS) is 12.3. The summed E-state index contributed by atoms with van der Waals surface area (Å²) in [5.41, 5.74) is 5.00. The molecule has 1 aromatic rings. The van der Waals surface area contributed by atoms with E-state index in [-0.39, 0.29) is 11.9 Å². The van der Waals surface area contributed by atoms with Gasteiger partial charge in [0, 0.05) is 22.8 Å². The maximum atomic E-state index is 11.6. The van der Waals surface area contributed by atoms with E-state index in [9.17, 15) is 4.79 Å². The number of rotatable bonds is 6. The number of nitrogen functional groups attached to an aromatic ring is 1. The minimum absolute atomic E-state index is 0.0630. The van der Waals surface area contributed by atoms with Crippen molar-refractivity contribution >= 4 is 15.3 Å². The summed E-state index contributed by atoms with van der Waals surface area (Å²) in [4.78, 5) is 15.2. The van der Waals surface area contributed by atoms with Gasteiger partial charge in [-0.3, -0.25) is 4.57 Å². The summed E-state index contributed by atoms with van der Waals surface area (Å²) in [6.45, 7) is 8.48. The number of hydrogen-bond acceptors (Lipinski definition) is 6. The van der Waals surface area contributed by atoms with Crippen LogP contribution in [0.5, 0.6) is 0 Å². The van der Waals surface area contributed by atoms with Crippen LogP contribution in [0.25, 0.3) is 0 Å². The molecule has 1 rings (SSSR count). The van der Waals surface area contributed by atoms with E-state index < -0.39 is 11.9 Å². The lowest BCUT2D eigenvalue weighted by Gasteiger charge is -2.21. The largest absolute Gasteiger partial charge is 0.400 e. The van der Waals surface area contributed by atoms with Crippen molar-refractivity contribution in [2.24, 2.45) is 0 Å². The van der Waals surface area contributed by atoms with E-state index in [2.05, 4.69) is 28.3 Å². The van der Waals surface area contributed by atoms with Gasteiger partial charge in [0.05, 0.1) is 12.7 Å². The second kappa shape index (κ2) is 14.9. The number of hydrogen-bond donors (Lipinski definition) is 2. The lowest BCUT2D eigenvalue weighted by atomic mass is 10.3. The van der Waals surface area contributed by atoms with Crippen LogP contribution in [0, 0.1) is 0 Å². The zero-order valence-electron chi connectivity index (χ0n) is 14.2. The Balaban J connectivity index is 0. The molecule has 0 aliphatic heterocycles. The third kappa shape index (κ3) is 9.84. The average Bonchev–Trinajstić information content (AvgIpc) is 2.49. The van der Waals surface area contributed by atoms with E-state index >= 15 is 0 Å². The van der Waals surface area contributed by atoms with E-state index in [1.807, 2.05) is 6.92 Å². The van der Waals surface area contributed by atoms with Crippen LogP contribution in [0.2, 0.25) is 0 Å². The number of ether oxygens (including phenoxy) is 1. The molecule has 8 heteroatoms. The Kier molecular flexibility index (Phi) is 15.8. The second-order valence-corrected chi connectivity index (χ2v) is 4.68. The molecule has 0 saturated carbocycles. The number of anilines is 1. The Bertz CT molecular complexity index is 429. The molecule has 7 nitrogen and oxygen atoms in total. The molecule has 130 valence electrons. The van der Waals surface area contributed by atoms with Crippen molar-refractivity contribution < 1.29 is 14.4 Å². The van der Waals surface area contributed by atoms with Crippen molar-refractivity contribution in [2.45, 2.75) is 52.9 Å². The first-order chi connectivity index (χ1) is 10.5. The first kappa shape index (κ1) is 23.3. The maximum absolute atomic E-state index is 11.6. The van der Waals surface area contributed by atoms with Crippen LogP contribution in [0.15, 0.2) is 17.1 Å². The molecule has 3 atom stereocenters. The average molecular weight is 335 g/mol. The van der Waals surface area contributed by atoms with Crippen molar-refractivity contribution in [3.8, 4) is 0 Å². The first-order valence-electron chi connectivity index (χ1n) is 7.26. The Morgan fingerprint density at radius 2 is 1.95 bits per heavy atom. The zero-order chi connectivity index (χ0) is 17.5. The number of nitrogens with two attached hydrogens (primary N) is 1. The molecule has 0 aliphatic rings. The summed E-state index contributed by atoms with van der Waals surface area (Å²) in [6.07, 6.45) is 3.16. The Hall–Kier alpha value is -1.01. The predicted molar refractivity (Wildman–Crippen MR) is 92.6 cm³/mol. The molecule has 0 aromatic carbocycles. The summed E-state index contributed by atoms with van der Waals surface area (Å²) in [7, 11) is 3.18. The Labute approximate surface area is 135 Å². The lowest BCUT2D eigenvalue weighted by Crippen LogP contribution is -2.30. The van der Waals surface area contributed by atoms with Gasteiger partial charge in [-0.1, -0.05) is 27.2 Å². The Morgan fingerprint density at radius 3 is 2.36 bits per heavy atom. The molecular formula is C14H30N3O4P. The van der Waals surface area contributed by atoms with Crippen molar-refractivity contribution in [2.75, 3.05) is 19.5 Å². The highest BCUT2D eigenvalue weighted by molar-refractivity contribution is 7.09. The number of aromatic nitrogens is 2. The van der Waals surface area contributed by atoms with Crippen LogP contribution in [-0.2, 0) is 9.26 Å². The molecule has 1 aromatic heterocycles. The molecule has 0 amide bonds. The number of nitrogens with zero attached hydrogens (tertiary/aromatic N) is 2. The molecule has 3 N–H and O–H groups in total. The van der Waals surface area contributed by atoms with Crippen LogP contribution in [0.4, 0.5) is 5.82 Å². The highest BCUT2D eigenvalue weighted by Gasteiger charge is 2.14. The van der Waals surface area contributed by atoms with Gasteiger partial charge in [-0.25, -0.2) is 4.79 Å². The molecule has 0 saturated heterocycles. The molecule has 0 aliphatic carbocycles. The molecule has 0 spiro atoms. The minimum atomic E-state index is -0.417. The molecule has 22 heavy (non-hydrogen) atoms. The van der Waals surface area contributed by atoms with Gasteiger partial charge in [0.15, 0.2) is 0 Å². The number of aliphatic hydroxyl groups excluding tert-OH is 1. The second-order valence-electron chi connectivity index (χ2n) is 4.35. The number of aliphatic hydroxyl groups is 1. The van der Waals surface area contributed by atoms with Gasteiger partial charge in [0.1, 0.15) is 12.0 Å². The topological polar surface area (TPSA) is 99.6 Å². The van der Waals surface area contributed by atoms with E-state index in [1.165, 1.54) is 11.0 Å². The van der Waals surface area contributed by atoms with Crippen LogP contribution in [0.3, 0.4) is 0 Å². The molecule has 1 heterocycles. The molecule has 0 fully saturated rings. The summed E-state index contributed by atoms with van der Waals surface area (Å²) in [6, 6.07) is 1.56. The summed E-state index contributed by atoms with van der Waals surface area (Å²) in [5, 5.41) is 7.00. The van der Waals surface area contributed by atoms with Gasteiger partial charge in [0.2, 0.25) is 0 Å². The fourth-order valence-electron chi connectivity index (χ4n) is 1.41. The van der Waals surface area contributed by atoms with Crippen LogP contribution in [-0.4, -0.2) is 34.5 Å². The minimum Gasteiger partial charge on any atom is -0.400 e. The molecule has 0 bridgehead atoms. The van der Waals surface area contributed by atoms with Gasteiger partial charge in [-0.15, -0.1) is 0 Å². The Morgan fingerprint density at radius 1 is 1.41 bits per heavy atom. The van der Waals surface area contributed by atoms with Crippen LogP contribution < -0.4 is 11.4 Å². The van der Waals surface area contributed by atoms with Crippen molar-refractivity contribution in [1.29, 1.82) is 0 Å². The smallest absolute Gasteiger partial charge is 0.351 e. The fraction of sp³-hybridized carbons (Fsp3) is 0.714. The highest BCUT2D eigenvalue weighted by Crippen LogP contribution is 2.12. The maximum Gasteiger partial charge on any atom is 0.351 e. The first-order valence-corrected chi connectivity index (χ1v) is 7.73. The highest BCUT2D eigenvalue weighted by atomic mass is 31.0. The van der Waals surface area contributed by atoms with E-state index in [0.29, 0.717) is 6.61 Å². The van der Waals surface area contributed by atoms with E-state index in [4.69, 9.17) is 20.1 Å². The zero-order valence-corrected chi connectivity index (χ0v) is 15.3. The molecular weight excluding hydrogens is 305 g/mol. The molecule has 3 unspecified atom stereocenters. The van der Waals surface area contributed by atoms with Gasteiger partial charge < -0.3 is 20.1 Å². The van der Waals surface area contributed by atoms with Crippen molar-refractivity contribution in [3.63, 3.8) is 0 Å². The third-order valence-electron chi connectivity index (χ3n) is 2.37. The van der Waals surface area contributed by atoms with Gasteiger partial charge in [-0.05, 0) is 19.4 Å². The van der Waals surface area contributed by atoms with Crippen molar-refractivity contribution in [1.82, 2.24) is 9.55 Å². The van der Waals surface area contributed by atoms with E-state index in [1.54, 1.807) is 19.2 Å². The SMILES string of the molecule is CCC.CCC(COP)OC(C)n1ccc(N)nc1=O.CO. The predicted octanol–water partition coefficient (Wildman–Crippen LogP) is 1.97. The lowest BCUT2D eigenvalue weighted by molar-refractivity contribution is -0.0617. The van der Waals surface area contributed by atoms with Gasteiger partial charge in [-0.2, -0.15) is 4.98 Å². The van der Waals surface area contributed by atoms with Crippen LogP contribution >= 0.6 is 9.47 Å². The third-order valence-corrected chi connectivity index (χ3v) is 2.56. The monoisotopic (exact) mass is 335 g/mol. The fourth-order valence-corrected chi connectivity index (χ4v) is 1.62. The van der Waals surface area contributed by atoms with Gasteiger partial charge >= 0.3 is 5.69 Å². The summed E-state index contributed by atoms with van der Waals surface area (Å²) < 4.78 is 12.0. The van der Waals surface area contributed by atoms with Crippen molar-refractivity contribution in [3.05, 3.63) is 22.7 Å². The van der Waals surface area contributed by atoms with Crippen LogP contribution in [0.1, 0.15) is 46.8 Å². The van der Waals surface area contributed by atoms with Gasteiger partial charge in [0.25, 0.3) is 0 Å². The standard InChI is InChI=1S/C10H18N3O3P.C3H8.CH4O/c1-3-8(6-15-17)16-7(2)13-5-4-9(11)12-10(13)14;1-3-2;1-2/h4-5,7-8H,3,6,17H2,1-2H3,(H2,11,12,14);3H2,1-2H3;2H,1H3. The quantitative estimate of drug-likeness (QED) is 0.771.